The molecule has 10 nitrogen and oxygen atoms in total. The number of carboxylic acid groups (broad SMARTS) is 1. The number of hydrogen-bond donors (Lipinski definition) is 3. The molecular formula is C27H34BrN3O7S. The fourth-order valence-corrected chi connectivity index (χ4v) is 6.72. The largest absolute Gasteiger partial charge is 0.481 e. The van der Waals surface area contributed by atoms with E-state index in [-0.39, 0.29) is 24.3 Å². The molecule has 0 unspecified atom stereocenters. The van der Waals surface area contributed by atoms with Gasteiger partial charge in [-0.3, -0.25) is 14.6 Å². The molecular weight excluding hydrogens is 590 g/mol. The van der Waals surface area contributed by atoms with Crippen LogP contribution in [0.2, 0.25) is 0 Å². The average molecular weight is 625 g/mol. The predicted molar refractivity (Wildman–Crippen MR) is 149 cm³/mol. The molecule has 2 saturated heterocycles. The van der Waals surface area contributed by atoms with Crippen molar-refractivity contribution in [3.8, 4) is 17.6 Å². The summed E-state index contributed by atoms with van der Waals surface area (Å²) in [5, 5.41) is 16.6. The maximum atomic E-state index is 13.5. The Morgan fingerprint density at radius 1 is 0.974 bits per heavy atom. The SMILES string of the molecule is NO.O=C(O)C1(S(=O)(=O)c2ccc(OCC#CCN3CCOCC3)cc2)CCN(Cc2ccc(Br)cc2)CC1. The van der Waals surface area contributed by atoms with Crippen molar-refractivity contribution >= 4 is 31.7 Å². The van der Waals surface area contributed by atoms with Crippen molar-refractivity contribution in [3.05, 3.63) is 58.6 Å². The van der Waals surface area contributed by atoms with Crippen molar-refractivity contribution in [1.82, 2.24) is 9.80 Å². The highest BCUT2D eigenvalue weighted by Gasteiger charge is 2.53. The van der Waals surface area contributed by atoms with E-state index < -0.39 is 20.6 Å². The number of carbonyl (C=O) groups is 1. The van der Waals surface area contributed by atoms with Crippen LogP contribution in [0.3, 0.4) is 0 Å². The Morgan fingerprint density at radius 3 is 2.18 bits per heavy atom. The zero-order valence-electron chi connectivity index (χ0n) is 21.6. The number of aliphatic carboxylic acids is 1. The summed E-state index contributed by atoms with van der Waals surface area (Å²) in [4.78, 5) is 16.6. The van der Waals surface area contributed by atoms with Crippen molar-refractivity contribution < 1.29 is 33.0 Å². The topological polar surface area (TPSA) is 143 Å². The molecule has 12 heteroatoms. The monoisotopic (exact) mass is 623 g/mol. The van der Waals surface area contributed by atoms with E-state index >= 15 is 0 Å². The number of piperidine rings is 1. The van der Waals surface area contributed by atoms with Crippen molar-refractivity contribution in [3.63, 3.8) is 0 Å². The number of rotatable bonds is 8. The molecule has 212 valence electrons. The molecule has 0 atom stereocenters. The number of ether oxygens (including phenoxy) is 2. The number of likely N-dealkylation sites (tertiary alicyclic amines) is 1. The van der Waals surface area contributed by atoms with E-state index in [0.717, 1.165) is 36.3 Å². The van der Waals surface area contributed by atoms with Gasteiger partial charge in [-0.05, 0) is 54.8 Å². The molecule has 0 saturated carbocycles. The number of benzene rings is 2. The molecule has 0 amide bonds. The molecule has 0 aliphatic carbocycles. The van der Waals surface area contributed by atoms with Gasteiger partial charge < -0.3 is 19.8 Å². The number of hydrogen-bond acceptors (Lipinski definition) is 9. The smallest absolute Gasteiger partial charge is 0.325 e. The second-order valence-electron chi connectivity index (χ2n) is 9.21. The Balaban J connectivity index is 0.00000205. The Kier molecular flexibility index (Phi) is 11.7. The third-order valence-corrected chi connectivity index (χ3v) is 9.90. The Bertz CT molecular complexity index is 1230. The van der Waals surface area contributed by atoms with Gasteiger partial charge in [0.1, 0.15) is 12.4 Å². The fraction of sp³-hybridized carbons (Fsp3) is 0.444. The molecule has 39 heavy (non-hydrogen) atoms. The molecule has 2 heterocycles. The number of nitrogens with zero attached hydrogens (tertiary/aromatic N) is 2. The molecule has 0 bridgehead atoms. The molecule has 0 spiro atoms. The normalized spacial score (nSPS) is 17.7. The fourth-order valence-electron chi connectivity index (χ4n) is 4.56. The molecule has 4 rings (SSSR count). The summed E-state index contributed by atoms with van der Waals surface area (Å²) >= 11 is 3.42. The van der Waals surface area contributed by atoms with Crippen LogP contribution >= 0.6 is 15.9 Å². The summed E-state index contributed by atoms with van der Waals surface area (Å²) in [6, 6.07) is 13.9. The van der Waals surface area contributed by atoms with E-state index in [1.54, 1.807) is 12.1 Å². The lowest BCUT2D eigenvalue weighted by Gasteiger charge is -2.38. The van der Waals surface area contributed by atoms with E-state index in [4.69, 9.17) is 14.7 Å². The Labute approximate surface area is 237 Å². The molecule has 0 aromatic heterocycles. The minimum atomic E-state index is -4.11. The van der Waals surface area contributed by atoms with Crippen LogP contribution in [-0.4, -0.2) is 91.8 Å². The minimum absolute atomic E-state index is 0.0120. The van der Waals surface area contributed by atoms with Gasteiger partial charge in [0.15, 0.2) is 14.6 Å². The third-order valence-electron chi connectivity index (χ3n) is 6.86. The number of sulfone groups is 1. The van der Waals surface area contributed by atoms with Crippen LogP contribution in [0.5, 0.6) is 5.75 Å². The van der Waals surface area contributed by atoms with Crippen molar-refractivity contribution in [2.75, 3.05) is 52.5 Å². The maximum absolute atomic E-state index is 13.5. The predicted octanol–water partition coefficient (Wildman–Crippen LogP) is 2.39. The molecule has 2 aromatic rings. The van der Waals surface area contributed by atoms with Crippen LogP contribution in [0.15, 0.2) is 57.9 Å². The summed E-state index contributed by atoms with van der Waals surface area (Å²) in [6.45, 7) is 5.43. The lowest BCUT2D eigenvalue weighted by atomic mass is 9.95. The van der Waals surface area contributed by atoms with Gasteiger partial charge in [-0.2, -0.15) is 0 Å². The average Bonchev–Trinajstić information content (AvgIpc) is 2.96. The van der Waals surface area contributed by atoms with E-state index in [1.165, 1.54) is 12.1 Å². The molecule has 4 N–H and O–H groups in total. The van der Waals surface area contributed by atoms with E-state index in [9.17, 15) is 18.3 Å². The second kappa shape index (κ2) is 14.8. The Morgan fingerprint density at radius 2 is 1.59 bits per heavy atom. The van der Waals surface area contributed by atoms with Gasteiger partial charge in [-0.15, -0.1) is 0 Å². The van der Waals surface area contributed by atoms with Gasteiger partial charge in [0, 0.05) is 37.2 Å². The Hall–Kier alpha value is -2.50. The van der Waals surface area contributed by atoms with Gasteiger partial charge >= 0.3 is 5.97 Å². The van der Waals surface area contributed by atoms with Crippen LogP contribution in [0, 0.1) is 11.8 Å². The molecule has 2 aromatic carbocycles. The summed E-state index contributed by atoms with van der Waals surface area (Å²) in [5.41, 5.74) is 1.09. The molecule has 2 aliphatic heterocycles. The zero-order chi connectivity index (χ0) is 28.3. The first-order valence-corrected chi connectivity index (χ1v) is 14.8. The summed E-state index contributed by atoms with van der Waals surface area (Å²) in [6.07, 6.45) is 0.0519. The molecule has 0 radical (unpaired) electrons. The summed E-state index contributed by atoms with van der Waals surface area (Å²) in [7, 11) is -4.11. The number of morpholine rings is 1. The second-order valence-corrected chi connectivity index (χ2v) is 12.4. The van der Waals surface area contributed by atoms with Crippen molar-refractivity contribution in [2.45, 2.75) is 29.0 Å². The third kappa shape index (κ3) is 8.02. The van der Waals surface area contributed by atoms with Gasteiger partial charge in [0.05, 0.1) is 24.7 Å². The maximum Gasteiger partial charge on any atom is 0.325 e. The highest BCUT2D eigenvalue weighted by molar-refractivity contribution is 9.10. The van der Waals surface area contributed by atoms with Crippen LogP contribution in [0.1, 0.15) is 18.4 Å². The minimum Gasteiger partial charge on any atom is -0.481 e. The zero-order valence-corrected chi connectivity index (χ0v) is 24.0. The highest BCUT2D eigenvalue weighted by Crippen LogP contribution is 2.37. The lowest BCUT2D eigenvalue weighted by Crippen LogP contribution is -2.54. The first-order chi connectivity index (χ1) is 18.8. The van der Waals surface area contributed by atoms with Crippen molar-refractivity contribution in [2.24, 2.45) is 5.90 Å². The molecule has 2 fully saturated rings. The first kappa shape index (κ1) is 31.0. The van der Waals surface area contributed by atoms with Gasteiger partial charge in [0.2, 0.25) is 0 Å². The number of halogens is 1. The van der Waals surface area contributed by atoms with Crippen LogP contribution in [0.25, 0.3) is 0 Å². The van der Waals surface area contributed by atoms with Crippen molar-refractivity contribution in [1.29, 1.82) is 0 Å². The van der Waals surface area contributed by atoms with Crippen LogP contribution < -0.4 is 10.6 Å². The van der Waals surface area contributed by atoms with Gasteiger partial charge in [-0.25, -0.2) is 14.3 Å². The lowest BCUT2D eigenvalue weighted by molar-refractivity contribution is -0.141. The summed E-state index contributed by atoms with van der Waals surface area (Å²) < 4.78 is 37.1. The number of carboxylic acids is 1. The highest BCUT2D eigenvalue weighted by atomic mass is 79.9. The van der Waals surface area contributed by atoms with Crippen LogP contribution in [0.4, 0.5) is 0 Å². The van der Waals surface area contributed by atoms with Crippen LogP contribution in [-0.2, 0) is 25.9 Å². The van der Waals surface area contributed by atoms with Gasteiger partial charge in [-0.1, -0.05) is 39.9 Å². The number of nitrogens with two attached hydrogens (primary N) is 1. The van der Waals surface area contributed by atoms with E-state index in [2.05, 4.69) is 43.5 Å². The van der Waals surface area contributed by atoms with E-state index in [1.807, 2.05) is 24.3 Å². The molecule has 2 aliphatic rings. The van der Waals surface area contributed by atoms with E-state index in [0.29, 0.717) is 31.9 Å². The standard InChI is InChI=1S/C27H31BrN2O6S.H3NO/c28-23-5-3-22(4-6-23)21-30-14-11-27(12-15-30,26(31)32)37(33,34)25-9-7-24(8-10-25)36-18-2-1-13-29-16-19-35-20-17-29;1-2/h3-10H,11-21H2,(H,31,32);2H,1H2. The first-order valence-electron chi connectivity index (χ1n) is 12.5. The van der Waals surface area contributed by atoms with Gasteiger partial charge in [0.25, 0.3) is 0 Å². The quantitative estimate of drug-likeness (QED) is 0.296. The summed E-state index contributed by atoms with van der Waals surface area (Å²) in [5.74, 6) is 8.72.